The molecule has 0 bridgehead atoms. The Balaban J connectivity index is 2.35. The minimum atomic E-state index is -0.644. The first-order chi connectivity index (χ1) is 15.0. The highest BCUT2D eigenvalue weighted by Crippen LogP contribution is 2.28. The fourth-order valence-corrected chi connectivity index (χ4v) is 3.59. The molecule has 32 heavy (non-hydrogen) atoms. The van der Waals surface area contributed by atoms with E-state index in [0.717, 1.165) is 28.0 Å². The van der Waals surface area contributed by atoms with E-state index in [0.29, 0.717) is 30.7 Å². The average Bonchev–Trinajstić information content (AvgIpc) is 3.15. The zero-order valence-corrected chi connectivity index (χ0v) is 19.9. The summed E-state index contributed by atoms with van der Waals surface area (Å²) in [6.45, 7) is 14.9. The smallest absolute Gasteiger partial charge is 0.355 e. The molecule has 0 atom stereocenters. The predicted octanol–water partition coefficient (Wildman–Crippen LogP) is 4.53. The lowest BCUT2D eigenvalue weighted by Crippen LogP contribution is -2.24. The maximum absolute atomic E-state index is 12.9. The van der Waals surface area contributed by atoms with E-state index in [1.807, 2.05) is 47.6 Å². The molecule has 0 spiro atoms. The minimum absolute atomic E-state index is 0.0916. The number of aromatic nitrogens is 1. The van der Waals surface area contributed by atoms with Gasteiger partial charge < -0.3 is 19.8 Å². The number of esters is 2. The largest absolute Gasteiger partial charge is 0.461 e. The van der Waals surface area contributed by atoms with Gasteiger partial charge in [-0.05, 0) is 76.7 Å². The summed E-state index contributed by atoms with van der Waals surface area (Å²) in [7, 11) is 0. The van der Waals surface area contributed by atoms with Crippen molar-refractivity contribution in [3.8, 4) is 0 Å². The lowest BCUT2D eigenvalue weighted by molar-refractivity contribution is -0.142. The first kappa shape index (κ1) is 25.2. The first-order valence-electron chi connectivity index (χ1n) is 10.9. The molecule has 0 unspecified atom stereocenters. The van der Waals surface area contributed by atoms with Crippen molar-refractivity contribution in [3.63, 3.8) is 0 Å². The molecule has 1 aromatic rings. The van der Waals surface area contributed by atoms with Crippen molar-refractivity contribution in [1.82, 2.24) is 10.3 Å². The number of hydrogen-bond donors (Lipinski definition) is 2. The number of allylic oxidation sites excluding steroid dienone is 1. The summed E-state index contributed by atoms with van der Waals surface area (Å²) in [4.78, 5) is 40.1. The predicted molar refractivity (Wildman–Crippen MR) is 124 cm³/mol. The first-order valence-corrected chi connectivity index (χ1v) is 10.9. The van der Waals surface area contributed by atoms with Crippen LogP contribution in [-0.4, -0.2) is 35.0 Å². The SMILES string of the molecule is C=CCOC(=O)CCCc1c(C(=O)OC(C)(C)C)[nH]c(/C=C2/NC(=O)C(CC)=C2C)c1C. The van der Waals surface area contributed by atoms with Gasteiger partial charge in [0.1, 0.15) is 17.9 Å². The van der Waals surface area contributed by atoms with Crippen LogP contribution in [0.2, 0.25) is 0 Å². The topological polar surface area (TPSA) is 97.5 Å². The summed E-state index contributed by atoms with van der Waals surface area (Å²) >= 11 is 0. The summed E-state index contributed by atoms with van der Waals surface area (Å²) in [6.07, 6.45) is 5.29. The monoisotopic (exact) mass is 442 g/mol. The van der Waals surface area contributed by atoms with E-state index >= 15 is 0 Å². The van der Waals surface area contributed by atoms with Crippen LogP contribution < -0.4 is 5.32 Å². The fraction of sp³-hybridized carbons (Fsp3) is 0.480. The second-order valence-corrected chi connectivity index (χ2v) is 8.81. The van der Waals surface area contributed by atoms with Crippen LogP contribution in [0.15, 0.2) is 29.5 Å². The van der Waals surface area contributed by atoms with Gasteiger partial charge in [-0.3, -0.25) is 9.59 Å². The number of H-pyrrole nitrogens is 1. The molecule has 0 saturated heterocycles. The fourth-order valence-electron chi connectivity index (χ4n) is 3.59. The zero-order chi connectivity index (χ0) is 24.1. The Labute approximate surface area is 189 Å². The lowest BCUT2D eigenvalue weighted by atomic mass is 10.0. The molecule has 1 aliphatic heterocycles. The van der Waals surface area contributed by atoms with Gasteiger partial charge in [-0.2, -0.15) is 0 Å². The molecule has 1 amide bonds. The highest BCUT2D eigenvalue weighted by Gasteiger charge is 2.26. The molecule has 0 radical (unpaired) electrons. The van der Waals surface area contributed by atoms with Crippen LogP contribution in [0.4, 0.5) is 0 Å². The number of amides is 1. The number of carbonyl (C=O) groups is 3. The van der Waals surface area contributed by atoms with E-state index in [9.17, 15) is 14.4 Å². The second kappa shape index (κ2) is 10.5. The van der Waals surface area contributed by atoms with E-state index in [1.54, 1.807) is 0 Å². The Morgan fingerprint density at radius 1 is 1.19 bits per heavy atom. The second-order valence-electron chi connectivity index (χ2n) is 8.81. The van der Waals surface area contributed by atoms with Crippen molar-refractivity contribution in [3.05, 3.63) is 52.0 Å². The van der Waals surface area contributed by atoms with Crippen LogP contribution in [0.1, 0.15) is 81.2 Å². The third kappa shape index (κ3) is 6.22. The van der Waals surface area contributed by atoms with Crippen molar-refractivity contribution >= 4 is 23.9 Å². The molecule has 2 heterocycles. The van der Waals surface area contributed by atoms with Gasteiger partial charge in [-0.1, -0.05) is 19.6 Å². The minimum Gasteiger partial charge on any atom is -0.461 e. The third-order valence-corrected chi connectivity index (χ3v) is 5.21. The average molecular weight is 443 g/mol. The van der Waals surface area contributed by atoms with Crippen LogP contribution in [0.25, 0.3) is 6.08 Å². The molecular formula is C25H34N2O5. The van der Waals surface area contributed by atoms with E-state index < -0.39 is 11.6 Å². The van der Waals surface area contributed by atoms with Gasteiger partial charge in [0, 0.05) is 23.4 Å². The highest BCUT2D eigenvalue weighted by atomic mass is 16.6. The van der Waals surface area contributed by atoms with Gasteiger partial charge in [0.05, 0.1) is 0 Å². The molecule has 1 aromatic heterocycles. The Kier molecular flexibility index (Phi) is 8.25. The van der Waals surface area contributed by atoms with Crippen molar-refractivity contribution in [2.45, 2.75) is 72.8 Å². The molecule has 2 rings (SSSR count). The van der Waals surface area contributed by atoms with E-state index in [1.165, 1.54) is 6.08 Å². The molecule has 0 aliphatic carbocycles. The number of rotatable bonds is 9. The Morgan fingerprint density at radius 3 is 2.44 bits per heavy atom. The summed E-state index contributed by atoms with van der Waals surface area (Å²) in [5.74, 6) is -0.849. The molecule has 7 nitrogen and oxygen atoms in total. The molecule has 1 aliphatic rings. The van der Waals surface area contributed by atoms with Crippen molar-refractivity contribution in [2.24, 2.45) is 0 Å². The van der Waals surface area contributed by atoms with Crippen molar-refractivity contribution < 1.29 is 23.9 Å². The van der Waals surface area contributed by atoms with Crippen LogP contribution >= 0.6 is 0 Å². The Hall–Kier alpha value is -3.09. The van der Waals surface area contributed by atoms with Gasteiger partial charge in [0.2, 0.25) is 0 Å². The van der Waals surface area contributed by atoms with Crippen molar-refractivity contribution in [2.75, 3.05) is 6.61 Å². The van der Waals surface area contributed by atoms with Crippen LogP contribution in [-0.2, 0) is 25.5 Å². The molecule has 0 saturated carbocycles. The van der Waals surface area contributed by atoms with Gasteiger partial charge >= 0.3 is 11.9 Å². The highest BCUT2D eigenvalue weighted by molar-refractivity contribution is 6.01. The Bertz CT molecular complexity index is 973. The van der Waals surface area contributed by atoms with E-state index in [4.69, 9.17) is 9.47 Å². The van der Waals surface area contributed by atoms with Gasteiger partial charge in [0.15, 0.2) is 0 Å². The van der Waals surface area contributed by atoms with Crippen LogP contribution in [0.5, 0.6) is 0 Å². The number of carbonyl (C=O) groups excluding carboxylic acids is 3. The van der Waals surface area contributed by atoms with Crippen LogP contribution in [0, 0.1) is 6.92 Å². The maximum Gasteiger partial charge on any atom is 0.355 e. The number of aromatic amines is 1. The Morgan fingerprint density at radius 2 is 1.88 bits per heavy atom. The van der Waals surface area contributed by atoms with E-state index in [-0.39, 0.29) is 24.9 Å². The molecule has 7 heteroatoms. The summed E-state index contributed by atoms with van der Waals surface area (Å²) < 4.78 is 10.6. The molecule has 0 aromatic carbocycles. The van der Waals surface area contributed by atoms with Gasteiger partial charge in [0.25, 0.3) is 5.91 Å². The van der Waals surface area contributed by atoms with E-state index in [2.05, 4.69) is 16.9 Å². The van der Waals surface area contributed by atoms with Gasteiger partial charge in [-0.15, -0.1) is 0 Å². The van der Waals surface area contributed by atoms with Gasteiger partial charge in [-0.25, -0.2) is 4.79 Å². The number of nitrogens with one attached hydrogen (secondary N) is 2. The summed E-state index contributed by atoms with van der Waals surface area (Å²) in [6, 6.07) is 0. The maximum atomic E-state index is 12.9. The zero-order valence-electron chi connectivity index (χ0n) is 19.9. The summed E-state index contributed by atoms with van der Waals surface area (Å²) in [5.41, 5.74) is 4.49. The molecule has 2 N–H and O–H groups in total. The summed E-state index contributed by atoms with van der Waals surface area (Å²) in [5, 5.41) is 2.90. The normalized spacial score (nSPS) is 15.2. The molecule has 174 valence electrons. The number of ether oxygens (including phenoxy) is 2. The van der Waals surface area contributed by atoms with Crippen molar-refractivity contribution in [1.29, 1.82) is 0 Å². The molecular weight excluding hydrogens is 408 g/mol. The molecule has 0 fully saturated rings. The lowest BCUT2D eigenvalue weighted by Gasteiger charge is -2.19. The standard InChI is InChI=1S/C25H34N2O5/c1-8-13-31-21(28)12-10-11-18-16(4)19(26-22(18)24(30)32-25(5,6)7)14-20-15(3)17(9-2)23(29)27-20/h8,14,26H,1,9-13H2,2-7H3,(H,27,29)/b20-14+. The van der Waals surface area contributed by atoms with Crippen LogP contribution in [0.3, 0.4) is 0 Å². The number of hydrogen-bond acceptors (Lipinski definition) is 5. The quantitative estimate of drug-likeness (QED) is 0.433. The third-order valence-electron chi connectivity index (χ3n) is 5.21.